The number of ether oxygens (including phenoxy) is 6. The fraction of sp³-hybridized carbons (Fsp3) is 0.973. The number of aliphatic hydroxyl groups is 5. The van der Waals surface area contributed by atoms with Gasteiger partial charge in [-0.2, -0.15) is 0 Å². The predicted molar refractivity (Wildman–Crippen MR) is 190 cm³/mol. The van der Waals surface area contributed by atoms with Crippen LogP contribution in [0.1, 0.15) is 94.9 Å². The van der Waals surface area contributed by atoms with Gasteiger partial charge in [0.1, 0.15) is 30.0 Å². The van der Waals surface area contributed by atoms with Crippen LogP contribution in [0.15, 0.2) is 0 Å². The molecular weight excluding hydrogens is 664 g/mol. The first-order valence-electron chi connectivity index (χ1n) is 18.8. The number of rotatable bonds is 7. The minimum Gasteiger partial charge on any atom is -0.459 e. The number of aliphatic hydroxyl groups excluding tert-OH is 3. The van der Waals surface area contributed by atoms with Crippen molar-refractivity contribution in [3.05, 3.63) is 0 Å². The van der Waals surface area contributed by atoms with Crippen LogP contribution in [0.2, 0.25) is 0 Å². The van der Waals surface area contributed by atoms with Crippen molar-refractivity contribution in [2.45, 2.75) is 185 Å². The molecule has 0 amide bonds. The Morgan fingerprint density at radius 2 is 1.57 bits per heavy atom. The molecule has 3 fully saturated rings. The lowest BCUT2D eigenvalue weighted by atomic mass is 9.77. The molecule has 0 aromatic carbocycles. The molecule has 1 unspecified atom stereocenters. The Kier molecular flexibility index (Phi) is 15.3. The molecule has 0 aromatic heterocycles. The number of hydrogen-bond acceptors (Lipinski definition) is 14. The number of nitrogens with zero attached hydrogens (tertiary/aromatic N) is 1. The van der Waals surface area contributed by atoms with Gasteiger partial charge >= 0.3 is 5.97 Å². The number of hydrogen-bond donors (Lipinski definition) is 6. The lowest BCUT2D eigenvalue weighted by molar-refractivity contribution is -0.318. The molecule has 3 saturated heterocycles. The van der Waals surface area contributed by atoms with Gasteiger partial charge in [-0.05, 0) is 94.3 Å². The van der Waals surface area contributed by atoms with Crippen LogP contribution in [-0.2, 0) is 33.2 Å². The summed E-state index contributed by atoms with van der Waals surface area (Å²) in [7, 11) is 5.27. The molecule has 14 nitrogen and oxygen atoms in total. The summed E-state index contributed by atoms with van der Waals surface area (Å²) in [6.45, 7) is 17.8. The summed E-state index contributed by atoms with van der Waals surface area (Å²) in [5, 5.41) is 60.9. The zero-order chi connectivity index (χ0) is 38.8. The van der Waals surface area contributed by atoms with Crippen LogP contribution in [0.5, 0.6) is 0 Å². The average molecular weight is 735 g/mol. The average Bonchev–Trinajstić information content (AvgIpc) is 3.05. The van der Waals surface area contributed by atoms with Gasteiger partial charge in [0.2, 0.25) is 0 Å². The Balaban J connectivity index is 2.15. The first kappa shape index (κ1) is 44.4. The Morgan fingerprint density at radius 3 is 2.14 bits per heavy atom. The number of nitrogens with one attached hydrogen (secondary N) is 1. The van der Waals surface area contributed by atoms with Gasteiger partial charge in [0, 0.05) is 31.5 Å². The topological polar surface area (TPSA) is 189 Å². The normalized spacial score (nSPS) is 49.9. The number of carbonyl (C=O) groups is 1. The molecule has 6 N–H and O–H groups in total. The van der Waals surface area contributed by atoms with Crippen molar-refractivity contribution >= 4 is 5.97 Å². The van der Waals surface area contributed by atoms with Crippen molar-refractivity contribution in [2.24, 2.45) is 17.8 Å². The largest absolute Gasteiger partial charge is 0.459 e. The molecule has 0 radical (unpaired) electrons. The maximum atomic E-state index is 14.1. The van der Waals surface area contributed by atoms with E-state index in [0.717, 1.165) is 0 Å². The van der Waals surface area contributed by atoms with Crippen molar-refractivity contribution in [3.63, 3.8) is 0 Å². The molecule has 0 spiro atoms. The van der Waals surface area contributed by atoms with Gasteiger partial charge < -0.3 is 64.2 Å². The summed E-state index contributed by atoms with van der Waals surface area (Å²) in [5.74, 6) is -2.60. The maximum Gasteiger partial charge on any atom is 0.311 e. The Labute approximate surface area is 305 Å². The predicted octanol–water partition coefficient (Wildman–Crippen LogP) is 1.56. The van der Waals surface area contributed by atoms with Crippen LogP contribution in [0.3, 0.4) is 0 Å². The smallest absolute Gasteiger partial charge is 0.311 e. The quantitative estimate of drug-likeness (QED) is 0.207. The van der Waals surface area contributed by atoms with E-state index in [0.29, 0.717) is 13.0 Å². The zero-order valence-corrected chi connectivity index (χ0v) is 33.2. The number of carbonyl (C=O) groups excluding carboxylic acids is 1. The summed E-state index contributed by atoms with van der Waals surface area (Å²) < 4.78 is 37.4. The highest BCUT2D eigenvalue weighted by Gasteiger charge is 2.52. The van der Waals surface area contributed by atoms with Crippen LogP contribution in [0, 0.1) is 17.8 Å². The minimum atomic E-state index is -1.80. The van der Waals surface area contributed by atoms with Crippen molar-refractivity contribution in [1.29, 1.82) is 0 Å². The zero-order valence-electron chi connectivity index (χ0n) is 33.2. The van der Waals surface area contributed by atoms with Crippen LogP contribution < -0.4 is 5.32 Å². The van der Waals surface area contributed by atoms with E-state index in [4.69, 9.17) is 28.4 Å². The monoisotopic (exact) mass is 734 g/mol. The van der Waals surface area contributed by atoms with Crippen LogP contribution >= 0.6 is 0 Å². The van der Waals surface area contributed by atoms with E-state index in [2.05, 4.69) is 5.32 Å². The first-order chi connectivity index (χ1) is 23.5. The Hall–Kier alpha value is -1.01. The van der Waals surface area contributed by atoms with E-state index in [1.54, 1.807) is 41.5 Å². The fourth-order valence-corrected chi connectivity index (χ4v) is 8.36. The summed E-state index contributed by atoms with van der Waals surface area (Å²) in [6, 6.07) is -0.858. The highest BCUT2D eigenvalue weighted by Crippen LogP contribution is 2.40. The minimum absolute atomic E-state index is 0.132. The molecule has 0 aliphatic carbocycles. The summed E-state index contributed by atoms with van der Waals surface area (Å²) in [4.78, 5) is 16.1. The van der Waals surface area contributed by atoms with Crippen molar-refractivity contribution in [1.82, 2.24) is 10.2 Å². The SMILES string of the molecule is CCC1OC(=O)[C@H](C)[C@@H](O[C@H]2C[C@@](C)(OC)[C@@H](O)[C@H](C)O2)[C@H](C)[C@@H](O[C@@H]2O[C@H](C)C[C@H](N(C)C)[C@H]2O)[C@](C)(O)C[C@@H](C)CN[C@H](C)[C@@H](O)[C@]1(C)O. The van der Waals surface area contributed by atoms with Crippen molar-refractivity contribution < 1.29 is 58.7 Å². The van der Waals surface area contributed by atoms with Gasteiger partial charge in [0.25, 0.3) is 0 Å². The summed E-state index contributed by atoms with van der Waals surface area (Å²) in [6.07, 6.45) is -8.22. The molecule has 0 aromatic rings. The molecule has 3 rings (SSSR count). The lowest BCUT2D eigenvalue weighted by Crippen LogP contribution is -2.60. The van der Waals surface area contributed by atoms with Crippen molar-refractivity contribution in [2.75, 3.05) is 27.7 Å². The third-order valence-electron chi connectivity index (χ3n) is 11.7. The van der Waals surface area contributed by atoms with Crippen LogP contribution in [-0.4, -0.2) is 154 Å². The second-order valence-electron chi connectivity index (χ2n) is 16.7. The molecule has 51 heavy (non-hydrogen) atoms. The van der Waals surface area contributed by atoms with Gasteiger partial charge in [-0.15, -0.1) is 0 Å². The number of cyclic esters (lactones) is 1. The van der Waals surface area contributed by atoms with E-state index in [1.165, 1.54) is 14.0 Å². The highest BCUT2D eigenvalue weighted by atomic mass is 16.7. The van der Waals surface area contributed by atoms with E-state index < -0.39 is 96.0 Å². The molecule has 18 atom stereocenters. The Bertz CT molecular complexity index is 1110. The second-order valence-corrected chi connectivity index (χ2v) is 16.7. The molecule has 300 valence electrons. The van der Waals surface area contributed by atoms with E-state index in [9.17, 15) is 30.3 Å². The van der Waals surface area contributed by atoms with Gasteiger partial charge in [0.15, 0.2) is 12.6 Å². The lowest BCUT2D eigenvalue weighted by Gasteiger charge is -2.48. The van der Waals surface area contributed by atoms with Gasteiger partial charge in [-0.25, -0.2) is 0 Å². The standard InChI is InChI=1S/C37H70N2O12/c1-14-26-37(10,45)30(41)23(6)38-18-19(2)16-35(8,44)32(51-34-28(40)25(39(11)12)15-20(3)47-34)21(4)29(22(5)33(43)49-26)50-27-17-36(9,46-13)31(42)24(7)48-27/h19-32,34,38,40-42,44-45H,14-18H2,1-13H3/t19-,20-,21+,22-,23-,24+,25+,26?,27+,28-,29+,30-,31+,32-,34+,35-,36-,37-/m1/s1. The molecule has 3 aliphatic heterocycles. The van der Waals surface area contributed by atoms with Crippen LogP contribution in [0.25, 0.3) is 0 Å². The molecule has 3 heterocycles. The molecule has 3 aliphatic rings. The highest BCUT2D eigenvalue weighted by molar-refractivity contribution is 5.73. The molecular formula is C37H70N2O12. The maximum absolute atomic E-state index is 14.1. The third-order valence-corrected chi connectivity index (χ3v) is 11.7. The van der Waals surface area contributed by atoms with E-state index in [1.807, 2.05) is 39.8 Å². The van der Waals surface area contributed by atoms with E-state index >= 15 is 0 Å². The second kappa shape index (κ2) is 17.6. The van der Waals surface area contributed by atoms with Crippen LogP contribution in [0.4, 0.5) is 0 Å². The van der Waals surface area contributed by atoms with E-state index in [-0.39, 0.29) is 37.3 Å². The van der Waals surface area contributed by atoms with Gasteiger partial charge in [0.05, 0.1) is 41.5 Å². The number of methoxy groups -OCH3 is 1. The third kappa shape index (κ3) is 10.2. The van der Waals surface area contributed by atoms with Crippen molar-refractivity contribution in [3.8, 4) is 0 Å². The molecule has 0 saturated carbocycles. The molecule has 0 bridgehead atoms. The van der Waals surface area contributed by atoms with Gasteiger partial charge in [-0.1, -0.05) is 20.8 Å². The number of likely N-dealkylation sites (N-methyl/N-ethyl adjacent to an activating group) is 1. The molecule has 14 heteroatoms. The summed E-state index contributed by atoms with van der Waals surface area (Å²) in [5.41, 5.74) is -4.37. The Morgan fingerprint density at radius 1 is 0.941 bits per heavy atom. The number of esters is 1. The van der Waals surface area contributed by atoms with Gasteiger partial charge in [-0.3, -0.25) is 4.79 Å². The fourth-order valence-electron chi connectivity index (χ4n) is 8.36. The first-order valence-corrected chi connectivity index (χ1v) is 18.8. The summed E-state index contributed by atoms with van der Waals surface area (Å²) >= 11 is 0.